The third kappa shape index (κ3) is 4.95. The molecule has 0 heterocycles. The Bertz CT molecular complexity index is 650. The zero-order valence-corrected chi connectivity index (χ0v) is 13.1. The van der Waals surface area contributed by atoms with Gasteiger partial charge in [0.1, 0.15) is 6.04 Å². The summed E-state index contributed by atoms with van der Waals surface area (Å²) in [6, 6.07) is 8.19. The van der Waals surface area contributed by atoms with Crippen molar-refractivity contribution in [2.45, 2.75) is 45.0 Å². The molecule has 0 saturated heterocycles. The second kappa shape index (κ2) is 7.95. The molecule has 0 bridgehead atoms. The number of carbonyl (C=O) groups excluding carboxylic acids is 1. The lowest BCUT2D eigenvalue weighted by Gasteiger charge is -2.29. The first-order chi connectivity index (χ1) is 12.2. The van der Waals surface area contributed by atoms with Crippen molar-refractivity contribution in [2.75, 3.05) is 0 Å². The van der Waals surface area contributed by atoms with Crippen LogP contribution in [0.15, 0.2) is 42.5 Å². The number of hydrogen-bond donors (Lipinski definition) is 2. The van der Waals surface area contributed by atoms with Crippen LogP contribution in [-0.4, -0.2) is 23.0 Å². The fourth-order valence-corrected chi connectivity index (χ4v) is 3.04. The van der Waals surface area contributed by atoms with Gasteiger partial charge in [0, 0.05) is 16.5 Å². The minimum Gasteiger partial charge on any atom is -0.480 e. The Morgan fingerprint density at radius 1 is 1.26 bits per heavy atom. The average Bonchev–Trinajstić information content (AvgIpc) is 2.60. The number of hydrogen-bond acceptors (Lipinski definition) is 2. The number of allylic oxidation sites excluding steroid dienone is 1. The first-order valence-corrected chi connectivity index (χ1v) is 7.95. The Morgan fingerprint density at radius 3 is 2.43 bits per heavy atom. The van der Waals surface area contributed by atoms with Crippen LogP contribution in [0.4, 0.5) is 0 Å². The third-order valence-electron chi connectivity index (χ3n) is 4.49. The van der Waals surface area contributed by atoms with E-state index in [0.717, 1.165) is 5.56 Å². The monoisotopic (exact) mass is 318 g/mol. The molecule has 1 aliphatic carbocycles. The molecule has 0 spiro atoms. The molecule has 1 atom stereocenters. The molecule has 1 fully saturated rings. The van der Waals surface area contributed by atoms with Crippen molar-refractivity contribution in [2.24, 2.45) is 11.8 Å². The topological polar surface area (TPSA) is 66.4 Å². The van der Waals surface area contributed by atoms with Gasteiger partial charge in [-0.3, -0.25) is 4.79 Å². The Labute approximate surface area is 141 Å². The maximum Gasteiger partial charge on any atom is 0.326 e. The number of carboxylic acid groups (broad SMARTS) is 1. The smallest absolute Gasteiger partial charge is 0.326 e. The molecule has 1 aromatic carbocycles. The molecule has 1 aliphatic rings. The summed E-state index contributed by atoms with van der Waals surface area (Å²) < 4.78 is 22.3. The van der Waals surface area contributed by atoms with E-state index in [0.29, 0.717) is 25.7 Å². The van der Waals surface area contributed by atoms with E-state index in [4.69, 9.17) is 4.11 Å². The van der Waals surface area contributed by atoms with Crippen LogP contribution in [0.3, 0.4) is 0 Å². The largest absolute Gasteiger partial charge is 0.480 e. The number of carbonyl (C=O) groups is 2. The van der Waals surface area contributed by atoms with E-state index in [9.17, 15) is 14.7 Å². The van der Waals surface area contributed by atoms with Gasteiger partial charge in [0.05, 0.1) is 0 Å². The molecular formula is C19H25NO3. The predicted octanol–water partition coefficient (Wildman–Crippen LogP) is 3.18. The van der Waals surface area contributed by atoms with Gasteiger partial charge in [-0.05, 0) is 44.0 Å². The second-order valence-electron chi connectivity index (χ2n) is 6.16. The summed E-state index contributed by atoms with van der Waals surface area (Å²) in [4.78, 5) is 24.0. The lowest BCUT2D eigenvalue weighted by atomic mass is 9.79. The summed E-state index contributed by atoms with van der Waals surface area (Å²) in [5, 5.41) is 12.0. The van der Waals surface area contributed by atoms with Crippen LogP contribution < -0.4 is 5.32 Å². The Hall–Kier alpha value is -2.10. The molecule has 0 unspecified atom stereocenters. The highest BCUT2D eigenvalue weighted by Crippen LogP contribution is 2.32. The van der Waals surface area contributed by atoms with Gasteiger partial charge in [-0.25, -0.2) is 4.79 Å². The van der Waals surface area contributed by atoms with E-state index < -0.39 is 18.9 Å². The van der Waals surface area contributed by atoms with Crippen LogP contribution in [0.5, 0.6) is 0 Å². The third-order valence-corrected chi connectivity index (χ3v) is 4.49. The van der Waals surface area contributed by atoms with Crippen molar-refractivity contribution in [1.29, 1.82) is 0 Å². The van der Waals surface area contributed by atoms with E-state index >= 15 is 0 Å². The normalized spacial score (nSPS) is 24.6. The van der Waals surface area contributed by atoms with Gasteiger partial charge in [-0.2, -0.15) is 0 Å². The SMILES string of the molecule is [2H]C([2H])([2H])C(=C)C1CCC(C(=O)N[C@H](Cc2ccccc2)C(=O)O)CC1. The minimum atomic E-state index is -2.16. The van der Waals surface area contributed by atoms with E-state index in [1.165, 1.54) is 0 Å². The van der Waals surface area contributed by atoms with Crippen molar-refractivity contribution < 1.29 is 18.8 Å². The predicted molar refractivity (Wildman–Crippen MR) is 90.0 cm³/mol. The van der Waals surface area contributed by atoms with Crippen molar-refractivity contribution >= 4 is 11.9 Å². The van der Waals surface area contributed by atoms with Crippen LogP contribution in [0.1, 0.15) is 42.2 Å². The maximum atomic E-state index is 12.5. The number of carboxylic acids is 1. The Balaban J connectivity index is 1.90. The van der Waals surface area contributed by atoms with Crippen LogP contribution in [0, 0.1) is 11.8 Å². The molecule has 124 valence electrons. The van der Waals surface area contributed by atoms with Crippen molar-refractivity contribution in [3.05, 3.63) is 48.0 Å². The number of nitrogens with one attached hydrogen (secondary N) is 1. The lowest BCUT2D eigenvalue weighted by Crippen LogP contribution is -2.45. The highest BCUT2D eigenvalue weighted by atomic mass is 16.4. The van der Waals surface area contributed by atoms with Crippen LogP contribution in [0.2, 0.25) is 0 Å². The van der Waals surface area contributed by atoms with Crippen molar-refractivity contribution in [3.63, 3.8) is 0 Å². The highest BCUT2D eigenvalue weighted by Gasteiger charge is 2.29. The molecule has 1 saturated carbocycles. The fourth-order valence-electron chi connectivity index (χ4n) is 3.04. The average molecular weight is 318 g/mol. The van der Waals surface area contributed by atoms with Gasteiger partial charge in [-0.1, -0.05) is 42.5 Å². The number of benzene rings is 1. The van der Waals surface area contributed by atoms with Gasteiger partial charge in [-0.15, -0.1) is 0 Å². The molecule has 4 heteroatoms. The fraction of sp³-hybridized carbons (Fsp3) is 0.474. The number of amides is 1. The lowest BCUT2D eigenvalue weighted by molar-refractivity contribution is -0.142. The molecule has 0 radical (unpaired) electrons. The minimum absolute atomic E-state index is 0.105. The summed E-state index contributed by atoms with van der Waals surface area (Å²) in [5.41, 5.74) is 1.10. The highest BCUT2D eigenvalue weighted by molar-refractivity contribution is 5.85. The molecule has 0 aromatic heterocycles. The quantitative estimate of drug-likeness (QED) is 0.792. The molecule has 1 amide bonds. The zero-order valence-electron chi connectivity index (χ0n) is 16.1. The number of rotatable bonds is 6. The van der Waals surface area contributed by atoms with Gasteiger partial charge >= 0.3 is 5.97 Å². The van der Waals surface area contributed by atoms with Crippen LogP contribution in [0.25, 0.3) is 0 Å². The molecule has 2 N–H and O–H groups in total. The molecule has 2 rings (SSSR count). The van der Waals surface area contributed by atoms with E-state index in [1.807, 2.05) is 30.3 Å². The van der Waals surface area contributed by atoms with E-state index in [-0.39, 0.29) is 29.7 Å². The summed E-state index contributed by atoms with van der Waals surface area (Å²) in [7, 11) is 0. The van der Waals surface area contributed by atoms with Gasteiger partial charge in [0.2, 0.25) is 5.91 Å². The molecule has 1 aromatic rings. The number of aliphatic carboxylic acids is 1. The van der Waals surface area contributed by atoms with Crippen LogP contribution >= 0.6 is 0 Å². The summed E-state index contributed by atoms with van der Waals surface area (Å²) in [6.45, 7) is 1.53. The second-order valence-corrected chi connectivity index (χ2v) is 6.16. The molecule has 23 heavy (non-hydrogen) atoms. The van der Waals surface area contributed by atoms with Crippen LogP contribution in [-0.2, 0) is 16.0 Å². The Morgan fingerprint density at radius 2 is 1.87 bits per heavy atom. The summed E-state index contributed by atoms with van der Waals surface area (Å²) in [6.07, 6.45) is 2.50. The zero-order chi connectivity index (χ0) is 19.3. The Kier molecular flexibility index (Phi) is 4.61. The standard InChI is InChI=1S/C19H25NO3/c1-13(2)15-8-10-16(11-9-15)18(21)20-17(19(22)23)12-14-6-4-3-5-7-14/h3-7,15-17H,1,8-12H2,2H3,(H,20,21)(H,22,23)/t15?,16?,17-/m1/s1/i2D3. The molecule has 0 aliphatic heterocycles. The molecule has 4 nitrogen and oxygen atoms in total. The van der Waals surface area contributed by atoms with E-state index in [1.54, 1.807) is 0 Å². The molecular weight excluding hydrogens is 290 g/mol. The van der Waals surface area contributed by atoms with Gasteiger partial charge in [0.25, 0.3) is 0 Å². The van der Waals surface area contributed by atoms with Crippen molar-refractivity contribution in [1.82, 2.24) is 5.32 Å². The van der Waals surface area contributed by atoms with Gasteiger partial charge in [0.15, 0.2) is 0 Å². The first kappa shape index (κ1) is 13.3. The summed E-state index contributed by atoms with van der Waals surface area (Å²) in [5.74, 6) is -1.72. The van der Waals surface area contributed by atoms with Crippen molar-refractivity contribution in [3.8, 4) is 0 Å². The van der Waals surface area contributed by atoms with Gasteiger partial charge < -0.3 is 10.4 Å². The maximum absolute atomic E-state index is 12.5. The summed E-state index contributed by atoms with van der Waals surface area (Å²) >= 11 is 0. The first-order valence-electron chi connectivity index (χ1n) is 9.45. The van der Waals surface area contributed by atoms with E-state index in [2.05, 4.69) is 11.9 Å².